The number of rotatable bonds is 6. The summed E-state index contributed by atoms with van der Waals surface area (Å²) in [6, 6.07) is 15.7. The first-order chi connectivity index (χ1) is 17.5. The SMILES string of the molecule is Cc1ccc(-c2cn3nc(NC(=O)c4cccc(/C=C/C(=O)O)c4)ccc3n2)cc1NC(=O)C(C)(C)C. The molecule has 9 heteroatoms. The predicted octanol–water partition coefficient (Wildman–Crippen LogP) is 5.04. The van der Waals surface area contributed by atoms with E-state index < -0.39 is 11.4 Å². The Morgan fingerprint density at radius 3 is 2.51 bits per heavy atom. The van der Waals surface area contributed by atoms with E-state index in [4.69, 9.17) is 5.11 Å². The van der Waals surface area contributed by atoms with Gasteiger partial charge in [0.1, 0.15) is 0 Å². The fourth-order valence-electron chi connectivity index (χ4n) is 3.45. The third kappa shape index (κ3) is 6.07. The van der Waals surface area contributed by atoms with Gasteiger partial charge >= 0.3 is 5.97 Å². The van der Waals surface area contributed by atoms with E-state index in [-0.39, 0.29) is 11.8 Å². The molecule has 2 aromatic carbocycles. The molecule has 0 aliphatic heterocycles. The fourth-order valence-corrected chi connectivity index (χ4v) is 3.45. The minimum absolute atomic E-state index is 0.0757. The molecule has 37 heavy (non-hydrogen) atoms. The molecule has 4 aromatic rings. The van der Waals surface area contributed by atoms with Crippen LogP contribution in [0.4, 0.5) is 11.5 Å². The largest absolute Gasteiger partial charge is 0.478 e. The van der Waals surface area contributed by atoms with Crippen molar-refractivity contribution in [3.05, 3.63) is 83.6 Å². The normalized spacial score (nSPS) is 11.6. The molecule has 188 valence electrons. The van der Waals surface area contributed by atoms with Gasteiger partial charge in [-0.05, 0) is 54.5 Å². The molecule has 2 heterocycles. The van der Waals surface area contributed by atoms with Crippen LogP contribution in [0.5, 0.6) is 0 Å². The van der Waals surface area contributed by atoms with Gasteiger partial charge in [0.15, 0.2) is 11.5 Å². The van der Waals surface area contributed by atoms with Crippen LogP contribution in [0.3, 0.4) is 0 Å². The van der Waals surface area contributed by atoms with Crippen LogP contribution < -0.4 is 10.6 Å². The second-order valence-electron chi connectivity index (χ2n) is 9.63. The van der Waals surface area contributed by atoms with E-state index in [1.165, 1.54) is 6.08 Å². The average Bonchev–Trinajstić information content (AvgIpc) is 3.27. The zero-order chi connectivity index (χ0) is 26.7. The number of aliphatic carboxylic acids is 1. The van der Waals surface area contributed by atoms with Crippen molar-refractivity contribution < 1.29 is 19.5 Å². The molecule has 0 unspecified atom stereocenters. The van der Waals surface area contributed by atoms with Crippen molar-refractivity contribution in [2.45, 2.75) is 27.7 Å². The highest BCUT2D eigenvalue weighted by Gasteiger charge is 2.22. The van der Waals surface area contributed by atoms with E-state index in [0.717, 1.165) is 22.9 Å². The Morgan fingerprint density at radius 2 is 1.78 bits per heavy atom. The van der Waals surface area contributed by atoms with Gasteiger partial charge in [-0.3, -0.25) is 9.59 Å². The second-order valence-corrected chi connectivity index (χ2v) is 9.63. The number of carbonyl (C=O) groups excluding carboxylic acids is 2. The number of fused-ring (bicyclic) bond motifs is 1. The molecule has 0 spiro atoms. The molecule has 0 atom stereocenters. The number of nitrogens with one attached hydrogen (secondary N) is 2. The highest BCUT2D eigenvalue weighted by Crippen LogP contribution is 2.27. The molecule has 2 aromatic heterocycles. The molecule has 4 rings (SSSR count). The molecule has 0 aliphatic rings. The van der Waals surface area contributed by atoms with Gasteiger partial charge in [0.2, 0.25) is 5.91 Å². The average molecular weight is 498 g/mol. The number of amides is 2. The first kappa shape index (κ1) is 25.3. The molecule has 0 bridgehead atoms. The lowest BCUT2D eigenvalue weighted by Gasteiger charge is -2.19. The smallest absolute Gasteiger partial charge is 0.328 e. The van der Waals surface area contributed by atoms with E-state index in [2.05, 4.69) is 20.7 Å². The number of anilines is 2. The molecule has 0 aliphatic carbocycles. The summed E-state index contributed by atoms with van der Waals surface area (Å²) in [6.45, 7) is 7.51. The molecule has 9 nitrogen and oxygen atoms in total. The highest BCUT2D eigenvalue weighted by atomic mass is 16.4. The van der Waals surface area contributed by atoms with Crippen LogP contribution in [0, 0.1) is 12.3 Å². The van der Waals surface area contributed by atoms with Crippen LogP contribution >= 0.6 is 0 Å². The number of hydrogen-bond acceptors (Lipinski definition) is 5. The number of imidazole rings is 1. The standard InChI is InChI=1S/C28H27N5O4/c1-17-8-10-19(15-21(17)30-27(37)28(2,3)4)22-16-33-24(29-22)12-11-23(32-33)31-26(36)20-7-5-6-18(14-20)9-13-25(34)35/h5-16H,1-4H3,(H,30,37)(H,34,35)(H,31,32,36)/b13-9+. The summed E-state index contributed by atoms with van der Waals surface area (Å²) in [4.78, 5) is 40.6. The minimum atomic E-state index is -1.07. The minimum Gasteiger partial charge on any atom is -0.478 e. The Kier molecular flexibility index (Phi) is 6.88. The summed E-state index contributed by atoms with van der Waals surface area (Å²) in [6.07, 6.45) is 4.18. The van der Waals surface area contributed by atoms with E-state index in [1.807, 2.05) is 45.9 Å². The Labute approximate surface area is 213 Å². The number of carboxylic acids is 1. The number of nitrogens with zero attached hydrogens (tertiary/aromatic N) is 3. The Bertz CT molecular complexity index is 1550. The van der Waals surface area contributed by atoms with Crippen molar-refractivity contribution in [2.75, 3.05) is 10.6 Å². The van der Waals surface area contributed by atoms with Gasteiger partial charge in [-0.25, -0.2) is 14.3 Å². The van der Waals surface area contributed by atoms with Crippen molar-refractivity contribution in [3.8, 4) is 11.3 Å². The summed E-state index contributed by atoms with van der Waals surface area (Å²) in [5.41, 5.74) is 4.17. The fraction of sp³-hybridized carbons (Fsp3) is 0.179. The van der Waals surface area contributed by atoms with Crippen molar-refractivity contribution in [1.82, 2.24) is 14.6 Å². The van der Waals surface area contributed by atoms with Gasteiger partial charge in [0.25, 0.3) is 5.91 Å². The molecular formula is C28H27N5O4. The molecule has 0 saturated carbocycles. The Hall–Kier alpha value is -4.79. The molecule has 0 saturated heterocycles. The summed E-state index contributed by atoms with van der Waals surface area (Å²) in [5.74, 6) is -1.19. The lowest BCUT2D eigenvalue weighted by Crippen LogP contribution is -2.27. The quantitative estimate of drug-likeness (QED) is 0.321. The maximum absolute atomic E-state index is 12.7. The molecular weight excluding hydrogens is 470 g/mol. The lowest BCUT2D eigenvalue weighted by molar-refractivity contribution is -0.131. The van der Waals surface area contributed by atoms with E-state index in [1.54, 1.807) is 47.1 Å². The molecule has 0 fully saturated rings. The van der Waals surface area contributed by atoms with Gasteiger partial charge in [0.05, 0.1) is 11.9 Å². The number of hydrogen-bond donors (Lipinski definition) is 3. The summed E-state index contributed by atoms with van der Waals surface area (Å²) in [7, 11) is 0. The van der Waals surface area contributed by atoms with Crippen molar-refractivity contribution in [2.24, 2.45) is 5.41 Å². The maximum Gasteiger partial charge on any atom is 0.328 e. The zero-order valence-electron chi connectivity index (χ0n) is 20.9. The van der Waals surface area contributed by atoms with E-state index in [0.29, 0.717) is 28.3 Å². The first-order valence-electron chi connectivity index (χ1n) is 11.6. The van der Waals surface area contributed by atoms with Gasteiger partial charge in [0, 0.05) is 28.3 Å². The van der Waals surface area contributed by atoms with Crippen LogP contribution in [0.15, 0.2) is 66.9 Å². The lowest BCUT2D eigenvalue weighted by atomic mass is 9.95. The van der Waals surface area contributed by atoms with Crippen molar-refractivity contribution in [3.63, 3.8) is 0 Å². The molecule has 3 N–H and O–H groups in total. The summed E-state index contributed by atoms with van der Waals surface area (Å²) < 4.78 is 1.57. The van der Waals surface area contributed by atoms with Crippen LogP contribution in [0.1, 0.15) is 42.3 Å². The third-order valence-electron chi connectivity index (χ3n) is 5.59. The number of benzene rings is 2. The first-order valence-corrected chi connectivity index (χ1v) is 11.6. The Balaban J connectivity index is 1.55. The number of aromatic nitrogens is 3. The molecule has 2 amide bonds. The summed E-state index contributed by atoms with van der Waals surface area (Å²) >= 11 is 0. The predicted molar refractivity (Wildman–Crippen MR) is 142 cm³/mol. The van der Waals surface area contributed by atoms with Crippen LogP contribution in [0.2, 0.25) is 0 Å². The monoisotopic (exact) mass is 497 g/mol. The van der Waals surface area contributed by atoms with Crippen LogP contribution in [0.25, 0.3) is 23.0 Å². The van der Waals surface area contributed by atoms with Gasteiger partial charge < -0.3 is 15.7 Å². The summed E-state index contributed by atoms with van der Waals surface area (Å²) in [5, 5.41) is 19.0. The topological polar surface area (TPSA) is 126 Å². The van der Waals surface area contributed by atoms with E-state index in [9.17, 15) is 14.4 Å². The van der Waals surface area contributed by atoms with Crippen LogP contribution in [-0.4, -0.2) is 37.5 Å². The van der Waals surface area contributed by atoms with Gasteiger partial charge in [-0.1, -0.05) is 45.0 Å². The van der Waals surface area contributed by atoms with Gasteiger partial charge in [-0.15, -0.1) is 5.10 Å². The van der Waals surface area contributed by atoms with Gasteiger partial charge in [-0.2, -0.15) is 0 Å². The van der Waals surface area contributed by atoms with E-state index >= 15 is 0 Å². The molecule has 0 radical (unpaired) electrons. The zero-order valence-corrected chi connectivity index (χ0v) is 20.9. The Morgan fingerprint density at radius 1 is 1.00 bits per heavy atom. The third-order valence-corrected chi connectivity index (χ3v) is 5.59. The van der Waals surface area contributed by atoms with Crippen molar-refractivity contribution >= 4 is 41.0 Å². The number of aryl methyl sites for hydroxylation is 1. The highest BCUT2D eigenvalue weighted by molar-refractivity contribution is 6.04. The van der Waals surface area contributed by atoms with Crippen LogP contribution in [-0.2, 0) is 9.59 Å². The number of carboxylic acid groups (broad SMARTS) is 1. The van der Waals surface area contributed by atoms with Crippen molar-refractivity contribution in [1.29, 1.82) is 0 Å². The second kappa shape index (κ2) is 10.1. The number of carbonyl (C=O) groups is 3. The maximum atomic E-state index is 12.7.